The summed E-state index contributed by atoms with van der Waals surface area (Å²) in [4.78, 5) is 74.1. The summed E-state index contributed by atoms with van der Waals surface area (Å²) < 4.78 is 44.0. The predicted octanol–water partition coefficient (Wildman–Crippen LogP) is 10.2. The number of carbonyl (C=O) groups is 3. The van der Waals surface area contributed by atoms with Gasteiger partial charge in [0, 0.05) is 48.6 Å². The van der Waals surface area contributed by atoms with Crippen LogP contribution in [0.4, 0.5) is 0 Å². The average Bonchev–Trinajstić information content (AvgIpc) is 1.72. The molecule has 3 aromatic carbocycles. The highest BCUT2D eigenvalue weighted by Crippen LogP contribution is 2.47. The minimum absolute atomic E-state index is 0.0565. The van der Waals surface area contributed by atoms with Crippen molar-refractivity contribution < 1.29 is 62.6 Å². The van der Waals surface area contributed by atoms with Gasteiger partial charge in [-0.15, -0.1) is 11.2 Å². The Morgan fingerprint density at radius 1 is 0.655 bits per heavy atom. The molecule has 6 aromatic rings. The molecule has 3 aromatic heterocycles. The minimum atomic E-state index is -1.62. The highest BCUT2D eigenvalue weighted by molar-refractivity contribution is 8.28. The number of rotatable bonds is 15. The maximum absolute atomic E-state index is 12.7. The second kappa shape index (κ2) is 29.8. The van der Waals surface area contributed by atoms with E-state index in [2.05, 4.69) is 59.2 Å². The molecule has 3 saturated heterocycles. The van der Waals surface area contributed by atoms with E-state index in [1.807, 2.05) is 58.9 Å². The molecule has 0 aliphatic carbocycles. The number of aliphatic hydroxyl groups excluding tert-OH is 2. The second-order valence-electron chi connectivity index (χ2n) is 23.6. The van der Waals surface area contributed by atoms with Gasteiger partial charge in [-0.2, -0.15) is 4.98 Å². The molecule has 87 heavy (non-hydrogen) atoms. The van der Waals surface area contributed by atoms with E-state index in [0.29, 0.717) is 16.7 Å². The van der Waals surface area contributed by atoms with E-state index < -0.39 is 87.8 Å². The molecule has 9 rings (SSSR count). The summed E-state index contributed by atoms with van der Waals surface area (Å²) in [6, 6.07) is 30.7. The molecule has 3 aliphatic heterocycles. The van der Waals surface area contributed by atoms with Gasteiger partial charge in [0.05, 0.1) is 35.5 Å². The molecule has 21 nitrogen and oxygen atoms in total. The number of benzene rings is 3. The zero-order valence-corrected chi connectivity index (χ0v) is 55.6. The van der Waals surface area contributed by atoms with E-state index >= 15 is 0 Å². The molecule has 26 heteroatoms. The van der Waals surface area contributed by atoms with Crippen molar-refractivity contribution in [3.8, 4) is 5.88 Å². The maximum atomic E-state index is 12.7. The Bertz CT molecular complexity index is 3480. The van der Waals surface area contributed by atoms with Gasteiger partial charge in [-0.3, -0.25) is 28.7 Å². The number of nitrogens with zero attached hydrogens (tertiary/aromatic N) is 4. The molecule has 0 bridgehead atoms. The van der Waals surface area contributed by atoms with Gasteiger partial charge in [-0.25, -0.2) is 19.4 Å². The molecule has 3 unspecified atom stereocenters. The summed E-state index contributed by atoms with van der Waals surface area (Å²) in [5, 5.41) is 30.0. The summed E-state index contributed by atoms with van der Waals surface area (Å²) in [5.74, 6) is -0.864. The van der Waals surface area contributed by atoms with Crippen molar-refractivity contribution in [2.24, 2.45) is 11.8 Å². The first-order valence-corrected chi connectivity index (χ1v) is 37.8. The topological polar surface area (TPSA) is 278 Å². The van der Waals surface area contributed by atoms with Gasteiger partial charge in [0.25, 0.3) is 11.1 Å². The third-order valence-corrected chi connectivity index (χ3v) is 19.5. The average molecular weight is 1290 g/mol. The lowest BCUT2D eigenvalue weighted by atomic mass is 9.86. The quantitative estimate of drug-likeness (QED) is 0.0210. The zero-order valence-electron chi connectivity index (χ0n) is 51.2. The van der Waals surface area contributed by atoms with Crippen LogP contribution in [0, 0.1) is 21.4 Å². The van der Waals surface area contributed by atoms with Crippen LogP contribution in [0.2, 0.25) is 39.3 Å². The lowest BCUT2D eigenvalue weighted by Gasteiger charge is -2.34. The van der Waals surface area contributed by atoms with E-state index in [4.69, 9.17) is 62.4 Å². The third kappa shape index (κ3) is 18.0. The number of esters is 3. The third-order valence-electron chi connectivity index (χ3n) is 14.7. The number of hydrogen-bond acceptors (Lipinski definition) is 20. The van der Waals surface area contributed by atoms with E-state index in [0.717, 1.165) is 23.9 Å². The standard InChI is InChI=1S/C22H24O5.C19H22N2O4S.C10H14N2O5S.C10H20N2OSSi2/c1-4-18-15(2)22(3,27-20(24)17-13-9-6-10-14-17)21(25-18)26-19(23)16-11-7-5-8-12-16;1-4-14-12(2)19(3,25-16(23)13-8-6-5-7-9-13)17(24-14)21-11-10-15(22)20-18(21)26;1-10(16)7(15)5(4-13)17-8(10)12-3-2-6(14)11-9(12)18;1-15(2,3)13-9-7-8-11-10(12-9)14-16(4,5)6/h5-15,18,21H,4H2,1-3H3;5-12,14,17H,4H2,1-3H3,(H,20,22,26);2-3,5,7-8,13,15-16H,4H2,1H3,(H,11,14,18);7-8H,1-6H3/t15-,18+,21-,22?;12-,14+,17+,19?;5-,7+,8-,10?;/m001./s1. The van der Waals surface area contributed by atoms with E-state index in [1.165, 1.54) is 29.8 Å². The first-order chi connectivity index (χ1) is 40.8. The predicted molar refractivity (Wildman–Crippen MR) is 338 cm³/mol. The molecule has 5 N–H and O–H groups in total. The molecule has 0 spiro atoms. The van der Waals surface area contributed by atoms with Crippen molar-refractivity contribution in [3.63, 3.8) is 0 Å². The van der Waals surface area contributed by atoms with Crippen LogP contribution in [0.5, 0.6) is 5.88 Å². The highest BCUT2D eigenvalue weighted by Gasteiger charge is 2.57. The molecule has 470 valence electrons. The van der Waals surface area contributed by atoms with Gasteiger partial charge < -0.3 is 48.2 Å². The summed E-state index contributed by atoms with van der Waals surface area (Å²) in [5.41, 5.74) is -2.96. The van der Waals surface area contributed by atoms with Crippen molar-refractivity contribution in [1.29, 1.82) is 0 Å². The fourth-order valence-corrected chi connectivity index (χ4v) is 13.7. The Labute approximate surface area is 522 Å². The number of carbonyl (C=O) groups excluding carboxylic acids is 3. The first-order valence-electron chi connectivity index (χ1n) is 28.5. The number of H-pyrrole nitrogens is 2. The molecule has 3 aliphatic rings. The molecular weight excluding hydrogens is 1210 g/mol. The summed E-state index contributed by atoms with van der Waals surface area (Å²) in [7, 11) is -2.80. The smallest absolute Gasteiger partial charge is 0.340 e. The number of ether oxygens (including phenoxy) is 6. The Hall–Kier alpha value is -6.31. The summed E-state index contributed by atoms with van der Waals surface area (Å²) >= 11 is 12.0. The molecule has 3 fully saturated rings. The number of nitrogens with one attached hydrogen (secondary N) is 2. The van der Waals surface area contributed by atoms with Gasteiger partial charge >= 0.3 is 17.9 Å². The summed E-state index contributed by atoms with van der Waals surface area (Å²) in [6.07, 6.45) is 1.22. The second-order valence-corrected chi connectivity index (χ2v) is 37.9. The number of aliphatic hydroxyl groups is 3. The van der Waals surface area contributed by atoms with Gasteiger partial charge in [-0.05, 0) is 114 Å². The summed E-state index contributed by atoms with van der Waals surface area (Å²) in [6.45, 7) is 25.8. The van der Waals surface area contributed by atoms with Crippen molar-refractivity contribution >= 4 is 69.1 Å². The molecule has 0 radical (unpaired) electrons. The van der Waals surface area contributed by atoms with Gasteiger partial charge in [0.15, 0.2) is 38.4 Å². The fraction of sp³-hybridized carbons (Fsp3) is 0.459. The van der Waals surface area contributed by atoms with Crippen LogP contribution in [0.15, 0.2) is 143 Å². The van der Waals surface area contributed by atoms with Crippen molar-refractivity contribution in [2.45, 2.75) is 166 Å². The molecule has 0 saturated carbocycles. The SMILES string of the molecule is CC1(O)[C@@H](O)[C@@H](CO)O[C@H]1n1ccc(=O)[nH]c1=S.CC[C@H]1O[C@@H](OC(=O)c2ccccc2)C(C)(OC(=O)c2ccccc2)[C@H]1C.CC[C@H]1O[C@@H](n2ccc(=O)[nH]c2=S)C(C)(OC(=O)c2ccccc2)[C@H]1C.C[Si](C)(C)Oc1ccnc(S[Si](C)(C)C)n1. The molecular formula is C61H80N6O15S3Si2. The van der Waals surface area contributed by atoms with Crippen LogP contribution in [0.1, 0.15) is 105 Å². The normalized spacial score (nSPS) is 26.6. The fourth-order valence-electron chi connectivity index (χ4n) is 9.72. The lowest BCUT2D eigenvalue weighted by Crippen LogP contribution is -2.46. The van der Waals surface area contributed by atoms with Crippen LogP contribution >= 0.6 is 35.6 Å². The van der Waals surface area contributed by atoms with Crippen LogP contribution in [-0.4, -0.2) is 132 Å². The van der Waals surface area contributed by atoms with Crippen LogP contribution in [0.3, 0.4) is 0 Å². The molecule has 12 atom stereocenters. The first kappa shape index (κ1) is 69.8. The van der Waals surface area contributed by atoms with Gasteiger partial charge in [0.2, 0.25) is 20.5 Å². The molecule has 6 heterocycles. The van der Waals surface area contributed by atoms with Gasteiger partial charge in [-0.1, -0.05) is 102 Å². The Morgan fingerprint density at radius 3 is 1.53 bits per heavy atom. The van der Waals surface area contributed by atoms with Crippen LogP contribution in [0.25, 0.3) is 0 Å². The number of hydrogen-bond donors (Lipinski definition) is 5. The van der Waals surface area contributed by atoms with Crippen molar-refractivity contribution in [3.05, 3.63) is 175 Å². The van der Waals surface area contributed by atoms with Crippen molar-refractivity contribution in [2.75, 3.05) is 6.61 Å². The monoisotopic (exact) mass is 1290 g/mol. The van der Waals surface area contributed by atoms with Gasteiger partial charge in [0.1, 0.15) is 25.0 Å². The largest absolute Gasteiger partial charge is 0.531 e. The van der Waals surface area contributed by atoms with E-state index in [1.54, 1.807) is 108 Å². The van der Waals surface area contributed by atoms with Crippen LogP contribution in [-0.2, 0) is 28.4 Å². The Balaban J connectivity index is 0.000000190. The number of aromatic nitrogens is 6. The Morgan fingerprint density at radius 2 is 1.09 bits per heavy atom. The van der Waals surface area contributed by atoms with E-state index in [-0.39, 0.29) is 44.7 Å². The lowest BCUT2D eigenvalue weighted by molar-refractivity contribution is -0.169. The Kier molecular flexibility index (Phi) is 23.9. The van der Waals surface area contributed by atoms with Crippen LogP contribution < -0.4 is 15.5 Å². The van der Waals surface area contributed by atoms with E-state index in [9.17, 15) is 34.2 Å². The molecule has 0 amide bonds. The van der Waals surface area contributed by atoms with Crippen molar-refractivity contribution in [1.82, 2.24) is 29.1 Å². The highest BCUT2D eigenvalue weighted by atomic mass is 32.4. The number of aromatic amines is 2. The minimum Gasteiger partial charge on any atom is -0.531 e. The maximum Gasteiger partial charge on any atom is 0.340 e. The zero-order chi connectivity index (χ0) is 64.2.